The maximum absolute atomic E-state index is 14.3. The summed E-state index contributed by atoms with van der Waals surface area (Å²) >= 11 is 0. The summed E-state index contributed by atoms with van der Waals surface area (Å²) in [5, 5.41) is 9.21. The number of sulfonamides is 1. The van der Waals surface area contributed by atoms with Gasteiger partial charge in [0.25, 0.3) is 0 Å². The van der Waals surface area contributed by atoms with Crippen molar-refractivity contribution in [1.82, 2.24) is 14.8 Å². The largest absolute Gasteiger partial charge is 0.475 e. The summed E-state index contributed by atoms with van der Waals surface area (Å²) in [5.74, 6) is -1.63. The van der Waals surface area contributed by atoms with Crippen LogP contribution in [0, 0.1) is 18.6 Å². The summed E-state index contributed by atoms with van der Waals surface area (Å²) < 4.78 is 58.8. The van der Waals surface area contributed by atoms with Crippen molar-refractivity contribution in [2.45, 2.75) is 51.0 Å². The van der Waals surface area contributed by atoms with E-state index >= 15 is 0 Å². The van der Waals surface area contributed by atoms with Gasteiger partial charge in [0.1, 0.15) is 11.5 Å². The zero-order valence-corrected chi connectivity index (χ0v) is 20.7. The van der Waals surface area contributed by atoms with Crippen LogP contribution < -0.4 is 9.88 Å². The predicted octanol–water partition coefficient (Wildman–Crippen LogP) is 3.53. The second kappa shape index (κ2) is 10.9. The van der Waals surface area contributed by atoms with Crippen molar-refractivity contribution in [2.75, 3.05) is 6.61 Å². The average Bonchev–Trinajstić information content (AvgIpc) is 3.28. The van der Waals surface area contributed by atoms with Gasteiger partial charge in [-0.3, -0.25) is 4.68 Å². The zero-order valence-electron chi connectivity index (χ0n) is 19.9. The Bertz CT molecular complexity index is 1350. The molecule has 0 radical (unpaired) electrons. The molecule has 0 aliphatic heterocycles. The fourth-order valence-corrected chi connectivity index (χ4v) is 3.92. The van der Waals surface area contributed by atoms with Crippen LogP contribution >= 0.6 is 0 Å². The van der Waals surface area contributed by atoms with E-state index in [0.29, 0.717) is 22.3 Å². The summed E-state index contributed by atoms with van der Waals surface area (Å²) in [6.07, 6.45) is 4.29. The second-order valence-corrected chi connectivity index (χ2v) is 10.2. The lowest BCUT2D eigenvalue weighted by atomic mass is 9.90. The van der Waals surface area contributed by atoms with Crippen LogP contribution in [0.4, 0.5) is 8.78 Å². The van der Waals surface area contributed by atoms with Gasteiger partial charge in [0.15, 0.2) is 11.6 Å². The third-order valence-electron chi connectivity index (χ3n) is 5.23. The first kappa shape index (κ1) is 27.8. The molecule has 188 valence electrons. The number of nitrogens with two attached hydrogens (primary N) is 1. The Morgan fingerprint density at radius 1 is 1.23 bits per heavy atom. The Labute approximate surface area is 202 Å². The minimum absolute atomic E-state index is 0.0968. The lowest BCUT2D eigenvalue weighted by molar-refractivity contribution is -0.191. The molecule has 0 amide bonds. The number of aromatic nitrogens is 3. The smallest absolute Gasteiger partial charge is 0.373 e. The van der Waals surface area contributed by atoms with Crippen LogP contribution in [0.25, 0.3) is 11.1 Å². The first-order valence-electron chi connectivity index (χ1n) is 10.4. The lowest BCUT2D eigenvalue weighted by Crippen LogP contribution is -2.34. The maximum Gasteiger partial charge on any atom is 0.373 e. The molecule has 0 aliphatic carbocycles. The first-order chi connectivity index (χ1) is 16.2. The number of carbonyl (C=O) groups excluding carboxylic acids is 2. The minimum atomic E-state index is -3.86. The molecule has 35 heavy (non-hydrogen) atoms. The first-order valence-corrected chi connectivity index (χ1v) is 11.9. The van der Waals surface area contributed by atoms with Gasteiger partial charge < -0.3 is 4.74 Å². The van der Waals surface area contributed by atoms with Crippen molar-refractivity contribution in [2.24, 2.45) is 5.14 Å². The summed E-state index contributed by atoms with van der Waals surface area (Å²) in [6.45, 7) is 9.13. The van der Waals surface area contributed by atoms with Gasteiger partial charge in [-0.05, 0) is 61.1 Å². The molecule has 0 atom stereocenters. The summed E-state index contributed by atoms with van der Waals surface area (Å²) in [4.78, 5) is 20.4. The number of rotatable bonds is 7. The molecule has 1 aromatic carbocycles. The highest BCUT2D eigenvalue weighted by molar-refractivity contribution is 7.89. The van der Waals surface area contributed by atoms with Crippen molar-refractivity contribution >= 4 is 16.2 Å². The number of primary sulfonamides is 1. The van der Waals surface area contributed by atoms with Crippen molar-refractivity contribution < 1.29 is 31.5 Å². The SMILES string of the molecule is Cc1c(-c2ccnc(OCC(C)(C)n3cc(S(N)(=O)=O)cn3)c2)cc(F)c(F)c1C(C)C.O=C=O. The summed E-state index contributed by atoms with van der Waals surface area (Å²) in [5.41, 5.74) is 1.47. The van der Waals surface area contributed by atoms with E-state index in [1.54, 1.807) is 19.1 Å². The third kappa shape index (κ3) is 6.56. The number of halogens is 2. The van der Waals surface area contributed by atoms with E-state index in [1.807, 2.05) is 27.7 Å². The van der Waals surface area contributed by atoms with Gasteiger partial charge in [-0.25, -0.2) is 27.3 Å². The number of hydrogen-bond donors (Lipinski definition) is 1. The molecule has 0 unspecified atom stereocenters. The van der Waals surface area contributed by atoms with E-state index in [1.165, 1.54) is 29.3 Å². The third-order valence-corrected chi connectivity index (χ3v) is 6.10. The van der Waals surface area contributed by atoms with Crippen LogP contribution in [0.2, 0.25) is 0 Å². The lowest BCUT2D eigenvalue weighted by Gasteiger charge is -2.25. The number of nitrogens with zero attached hydrogens (tertiary/aromatic N) is 3. The zero-order chi connectivity index (χ0) is 26.6. The molecule has 0 aliphatic rings. The second-order valence-electron chi connectivity index (χ2n) is 8.65. The highest BCUT2D eigenvalue weighted by Crippen LogP contribution is 2.34. The van der Waals surface area contributed by atoms with Crippen molar-refractivity contribution in [1.29, 1.82) is 0 Å². The van der Waals surface area contributed by atoms with Gasteiger partial charge in [-0.15, -0.1) is 0 Å². The standard InChI is InChI=1S/C22H26F2N4O3S.CO2/c1-13(2)20-14(3)17(9-18(23)21(20)24)15-6-7-26-19(8-15)31-12-22(4,5)28-11-16(10-27-28)32(25,29)30;2-1-3/h6-11,13H,12H2,1-5H3,(H2,25,29,30);. The Kier molecular flexibility index (Phi) is 8.61. The monoisotopic (exact) mass is 508 g/mol. The maximum atomic E-state index is 14.3. The van der Waals surface area contributed by atoms with Crippen LogP contribution in [-0.4, -0.2) is 35.9 Å². The fraction of sp³-hybridized carbons (Fsp3) is 0.348. The predicted molar refractivity (Wildman–Crippen MR) is 122 cm³/mol. The number of benzene rings is 1. The van der Waals surface area contributed by atoms with Crippen LogP contribution in [0.3, 0.4) is 0 Å². The van der Waals surface area contributed by atoms with E-state index in [9.17, 15) is 17.2 Å². The van der Waals surface area contributed by atoms with Crippen molar-refractivity contribution in [3.05, 3.63) is 59.6 Å². The molecule has 2 aromatic heterocycles. The molecular weight excluding hydrogens is 482 g/mol. The van der Waals surface area contributed by atoms with Crippen LogP contribution in [-0.2, 0) is 25.2 Å². The molecule has 9 nitrogen and oxygen atoms in total. The topological polar surface area (TPSA) is 134 Å². The Hall–Kier alpha value is -3.47. The van der Waals surface area contributed by atoms with E-state index in [4.69, 9.17) is 19.5 Å². The highest BCUT2D eigenvalue weighted by atomic mass is 32.2. The fourth-order valence-electron chi connectivity index (χ4n) is 3.48. The number of pyridine rings is 1. The molecule has 0 saturated carbocycles. The van der Waals surface area contributed by atoms with Crippen molar-refractivity contribution in [3.8, 4) is 17.0 Å². The van der Waals surface area contributed by atoms with E-state index in [0.717, 1.165) is 0 Å². The van der Waals surface area contributed by atoms with Crippen LogP contribution in [0.1, 0.15) is 44.7 Å². The molecule has 0 spiro atoms. The number of hydrogen-bond acceptors (Lipinski definition) is 7. The number of ether oxygens (including phenoxy) is 1. The molecule has 2 N–H and O–H groups in total. The molecule has 3 rings (SSSR count). The van der Waals surface area contributed by atoms with Crippen LogP contribution in [0.5, 0.6) is 5.88 Å². The Morgan fingerprint density at radius 3 is 2.40 bits per heavy atom. The van der Waals surface area contributed by atoms with E-state index in [-0.39, 0.29) is 29.5 Å². The van der Waals surface area contributed by atoms with Gasteiger partial charge in [-0.1, -0.05) is 13.8 Å². The Morgan fingerprint density at radius 2 is 1.86 bits per heavy atom. The normalized spacial score (nSPS) is 11.6. The molecule has 3 aromatic rings. The molecular formula is C23H26F2N4O5S. The van der Waals surface area contributed by atoms with E-state index < -0.39 is 27.2 Å². The summed E-state index contributed by atoms with van der Waals surface area (Å²) in [6, 6.07) is 4.53. The molecule has 0 fully saturated rings. The quantitative estimate of drug-likeness (QED) is 0.516. The molecule has 0 saturated heterocycles. The molecule has 2 heterocycles. The molecule has 0 bridgehead atoms. The van der Waals surface area contributed by atoms with Gasteiger partial charge >= 0.3 is 6.15 Å². The van der Waals surface area contributed by atoms with Crippen molar-refractivity contribution in [3.63, 3.8) is 0 Å². The highest BCUT2D eigenvalue weighted by Gasteiger charge is 2.25. The minimum Gasteiger partial charge on any atom is -0.475 e. The van der Waals surface area contributed by atoms with Gasteiger partial charge in [0.2, 0.25) is 15.9 Å². The summed E-state index contributed by atoms with van der Waals surface area (Å²) in [7, 11) is -3.86. The van der Waals surface area contributed by atoms with E-state index in [2.05, 4.69) is 10.1 Å². The van der Waals surface area contributed by atoms with Gasteiger partial charge in [-0.2, -0.15) is 14.7 Å². The molecule has 12 heteroatoms. The Balaban J connectivity index is 0.00000137. The van der Waals surface area contributed by atoms with Gasteiger partial charge in [0.05, 0.1) is 11.7 Å². The average molecular weight is 509 g/mol. The van der Waals surface area contributed by atoms with Gasteiger partial charge in [0, 0.05) is 18.5 Å². The van der Waals surface area contributed by atoms with Crippen LogP contribution in [0.15, 0.2) is 41.7 Å².